The Bertz CT molecular complexity index is 959. The molecule has 0 aliphatic rings. The van der Waals surface area contributed by atoms with Crippen LogP contribution in [0, 0.1) is 5.82 Å². The Kier molecular flexibility index (Phi) is 7.22. The van der Waals surface area contributed by atoms with Gasteiger partial charge in [-0.1, -0.05) is 67.3 Å². The highest BCUT2D eigenvalue weighted by molar-refractivity contribution is 8.02. The molecule has 1 aromatic heterocycles. The highest BCUT2D eigenvalue weighted by atomic mass is 32.2. The van der Waals surface area contributed by atoms with Crippen LogP contribution in [0.3, 0.4) is 0 Å². The number of carbonyl (C=O) groups is 1. The molecule has 3 aromatic rings. The number of hydrogen-bond donors (Lipinski definition) is 2. The van der Waals surface area contributed by atoms with Gasteiger partial charge in [0, 0.05) is 12.2 Å². The number of aromatic nitrogens is 2. The highest BCUT2D eigenvalue weighted by Gasteiger charge is 2.19. The second-order valence-electron chi connectivity index (χ2n) is 6.84. The molecule has 0 bridgehead atoms. The highest BCUT2D eigenvalue weighted by Crippen LogP contribution is 2.30. The largest absolute Gasteiger partial charge is 0.356 e. The molecule has 2 aromatic carbocycles. The number of hydrogen-bond acceptors (Lipinski definition) is 6. The molecule has 0 saturated carbocycles. The topological polar surface area (TPSA) is 66.9 Å². The van der Waals surface area contributed by atoms with Crippen molar-refractivity contribution in [1.82, 2.24) is 10.2 Å². The van der Waals surface area contributed by atoms with Crippen molar-refractivity contribution in [2.75, 3.05) is 10.6 Å². The van der Waals surface area contributed by atoms with Crippen LogP contribution >= 0.6 is 23.1 Å². The Morgan fingerprint density at radius 3 is 2.55 bits per heavy atom. The molecule has 29 heavy (non-hydrogen) atoms. The number of carbonyl (C=O) groups excluding carboxylic acids is 1. The Morgan fingerprint density at radius 1 is 1.10 bits per heavy atom. The molecule has 0 spiro atoms. The summed E-state index contributed by atoms with van der Waals surface area (Å²) >= 11 is 2.76. The van der Waals surface area contributed by atoms with Crippen LogP contribution in [-0.2, 0) is 11.3 Å². The van der Waals surface area contributed by atoms with Crippen molar-refractivity contribution in [2.24, 2.45) is 0 Å². The minimum absolute atomic E-state index is 0.0703. The first-order chi connectivity index (χ1) is 13.9. The standard InChI is InChI=1S/C21H23FN4OS2/c1-13(2)17-6-4-5-7-18(17)24-19(27)14(3)28-21-26-25-20(29-21)23-12-15-8-10-16(22)11-9-15/h4-11,13-14H,12H2,1-3H3,(H,23,25)(H,24,27). The van der Waals surface area contributed by atoms with Gasteiger partial charge in [-0.15, -0.1) is 10.2 Å². The summed E-state index contributed by atoms with van der Waals surface area (Å²) in [7, 11) is 0. The van der Waals surface area contributed by atoms with Crippen molar-refractivity contribution in [3.63, 3.8) is 0 Å². The number of thioether (sulfide) groups is 1. The molecule has 152 valence electrons. The molecule has 1 heterocycles. The van der Waals surface area contributed by atoms with Gasteiger partial charge < -0.3 is 10.6 Å². The third kappa shape index (κ3) is 6.01. The number of nitrogens with zero attached hydrogens (tertiary/aromatic N) is 2. The first-order valence-corrected chi connectivity index (χ1v) is 11.0. The van der Waals surface area contributed by atoms with Gasteiger partial charge >= 0.3 is 0 Å². The molecule has 2 N–H and O–H groups in total. The van der Waals surface area contributed by atoms with Crippen LogP contribution in [0.1, 0.15) is 37.8 Å². The van der Waals surface area contributed by atoms with E-state index in [1.165, 1.54) is 35.2 Å². The third-order valence-electron chi connectivity index (χ3n) is 4.25. The van der Waals surface area contributed by atoms with Gasteiger partial charge in [-0.3, -0.25) is 4.79 Å². The monoisotopic (exact) mass is 430 g/mol. The lowest BCUT2D eigenvalue weighted by Gasteiger charge is -2.15. The summed E-state index contributed by atoms with van der Waals surface area (Å²) in [5.41, 5.74) is 2.91. The molecular formula is C21H23FN4OS2. The molecule has 0 radical (unpaired) electrons. The zero-order chi connectivity index (χ0) is 20.8. The molecule has 0 aliphatic heterocycles. The van der Waals surface area contributed by atoms with Gasteiger partial charge in [-0.05, 0) is 42.2 Å². The van der Waals surface area contributed by atoms with E-state index in [-0.39, 0.29) is 17.0 Å². The third-order valence-corrected chi connectivity index (χ3v) is 6.32. The van der Waals surface area contributed by atoms with Gasteiger partial charge in [0.2, 0.25) is 11.0 Å². The maximum absolute atomic E-state index is 13.0. The lowest BCUT2D eigenvalue weighted by atomic mass is 10.0. The minimum Gasteiger partial charge on any atom is -0.356 e. The van der Waals surface area contributed by atoms with Crippen LogP contribution in [0.5, 0.6) is 0 Å². The van der Waals surface area contributed by atoms with E-state index in [4.69, 9.17) is 0 Å². The van der Waals surface area contributed by atoms with Crippen molar-refractivity contribution in [3.8, 4) is 0 Å². The first-order valence-electron chi connectivity index (χ1n) is 9.30. The number of amides is 1. The van der Waals surface area contributed by atoms with E-state index in [1.54, 1.807) is 12.1 Å². The second kappa shape index (κ2) is 9.84. The van der Waals surface area contributed by atoms with Crippen LogP contribution in [0.2, 0.25) is 0 Å². The molecule has 0 fully saturated rings. The van der Waals surface area contributed by atoms with E-state index in [0.29, 0.717) is 21.9 Å². The number of para-hydroxylation sites is 1. The fraction of sp³-hybridized carbons (Fsp3) is 0.286. The van der Waals surface area contributed by atoms with Gasteiger partial charge in [-0.2, -0.15) is 0 Å². The zero-order valence-electron chi connectivity index (χ0n) is 16.5. The van der Waals surface area contributed by atoms with Gasteiger partial charge in [0.15, 0.2) is 4.34 Å². The van der Waals surface area contributed by atoms with Crippen LogP contribution in [-0.4, -0.2) is 21.4 Å². The fourth-order valence-electron chi connectivity index (χ4n) is 2.66. The second-order valence-corrected chi connectivity index (χ2v) is 9.41. The lowest BCUT2D eigenvalue weighted by Crippen LogP contribution is -2.23. The molecule has 3 rings (SSSR count). The Labute approximate surface area is 178 Å². The Hall–Kier alpha value is -2.45. The number of halogens is 1. The lowest BCUT2D eigenvalue weighted by molar-refractivity contribution is -0.115. The average molecular weight is 431 g/mol. The summed E-state index contributed by atoms with van der Waals surface area (Å²) in [4.78, 5) is 12.6. The van der Waals surface area contributed by atoms with E-state index >= 15 is 0 Å². The predicted molar refractivity (Wildman–Crippen MR) is 118 cm³/mol. The molecule has 1 amide bonds. The normalized spacial score (nSPS) is 12.0. The summed E-state index contributed by atoms with van der Waals surface area (Å²) in [5.74, 6) is -0.00174. The smallest absolute Gasteiger partial charge is 0.237 e. The van der Waals surface area contributed by atoms with Crippen molar-refractivity contribution in [1.29, 1.82) is 0 Å². The van der Waals surface area contributed by atoms with Gasteiger partial charge in [-0.25, -0.2) is 4.39 Å². The average Bonchev–Trinajstić information content (AvgIpc) is 3.15. The SMILES string of the molecule is CC(Sc1nnc(NCc2ccc(F)cc2)s1)C(=O)Nc1ccccc1C(C)C. The molecular weight excluding hydrogens is 407 g/mol. The molecule has 1 atom stereocenters. The van der Waals surface area contributed by atoms with Crippen molar-refractivity contribution >= 4 is 39.8 Å². The van der Waals surface area contributed by atoms with E-state index in [0.717, 1.165) is 16.8 Å². The van der Waals surface area contributed by atoms with E-state index in [9.17, 15) is 9.18 Å². The molecule has 5 nitrogen and oxygen atoms in total. The van der Waals surface area contributed by atoms with Crippen LogP contribution in [0.25, 0.3) is 0 Å². The van der Waals surface area contributed by atoms with Crippen LogP contribution < -0.4 is 10.6 Å². The van der Waals surface area contributed by atoms with Crippen molar-refractivity contribution in [3.05, 3.63) is 65.5 Å². The van der Waals surface area contributed by atoms with E-state index < -0.39 is 0 Å². The summed E-state index contributed by atoms with van der Waals surface area (Å²) < 4.78 is 13.7. The maximum Gasteiger partial charge on any atom is 0.237 e. The molecule has 0 aliphatic carbocycles. The Balaban J connectivity index is 1.55. The van der Waals surface area contributed by atoms with E-state index in [2.05, 4.69) is 34.7 Å². The maximum atomic E-state index is 13.0. The van der Waals surface area contributed by atoms with Crippen molar-refractivity contribution in [2.45, 2.75) is 42.8 Å². The molecule has 0 saturated heterocycles. The minimum atomic E-state index is -0.312. The number of rotatable bonds is 8. The van der Waals surface area contributed by atoms with Gasteiger partial charge in [0.1, 0.15) is 5.82 Å². The number of benzene rings is 2. The zero-order valence-corrected chi connectivity index (χ0v) is 18.1. The Morgan fingerprint density at radius 2 is 1.83 bits per heavy atom. The van der Waals surface area contributed by atoms with Crippen LogP contribution in [0.15, 0.2) is 52.9 Å². The van der Waals surface area contributed by atoms with Gasteiger partial charge in [0.05, 0.1) is 5.25 Å². The summed E-state index contributed by atoms with van der Waals surface area (Å²) in [6.45, 7) is 6.59. The van der Waals surface area contributed by atoms with E-state index in [1.807, 2.05) is 31.2 Å². The summed E-state index contributed by atoms with van der Waals surface area (Å²) in [5, 5.41) is 14.8. The van der Waals surface area contributed by atoms with Crippen LogP contribution in [0.4, 0.5) is 15.2 Å². The molecule has 1 unspecified atom stereocenters. The number of anilines is 2. The quantitative estimate of drug-likeness (QED) is 0.460. The van der Waals surface area contributed by atoms with Gasteiger partial charge in [0.25, 0.3) is 0 Å². The van der Waals surface area contributed by atoms with Crippen molar-refractivity contribution < 1.29 is 9.18 Å². The molecule has 8 heteroatoms. The first kappa shape index (κ1) is 21.3. The summed E-state index contributed by atoms with van der Waals surface area (Å²) in [6, 6.07) is 14.1. The fourth-order valence-corrected chi connectivity index (χ4v) is 4.55. The summed E-state index contributed by atoms with van der Waals surface area (Å²) in [6.07, 6.45) is 0. The number of nitrogens with one attached hydrogen (secondary N) is 2. The predicted octanol–water partition coefficient (Wildman–Crippen LogP) is 5.53.